The van der Waals surface area contributed by atoms with Crippen molar-refractivity contribution in [3.8, 4) is 0 Å². The molecule has 178 valence electrons. The number of carbonyl (C=O) groups is 1. The third kappa shape index (κ3) is 14.9. The number of benzene rings is 1. The molecule has 2 N–H and O–H groups in total. The second-order valence-corrected chi connectivity index (χ2v) is 8.59. The molecule has 0 aliphatic heterocycles. The summed E-state index contributed by atoms with van der Waals surface area (Å²) in [6, 6.07) is 9.63. The summed E-state index contributed by atoms with van der Waals surface area (Å²) < 4.78 is 5.35. The molecular formula is C26H46N2O3. The van der Waals surface area contributed by atoms with Crippen LogP contribution in [0, 0.1) is 5.92 Å². The number of alkyl carbamates (subject to hydrolysis) is 1. The fraction of sp³-hybridized carbons (Fsp3) is 0.731. The van der Waals surface area contributed by atoms with Crippen molar-refractivity contribution in [2.45, 2.75) is 104 Å². The van der Waals surface area contributed by atoms with Gasteiger partial charge in [-0.05, 0) is 17.9 Å². The molecule has 2 unspecified atom stereocenters. The summed E-state index contributed by atoms with van der Waals surface area (Å²) in [5, 5.41) is 2.96. The Bertz CT molecular complexity index is 539. The lowest BCUT2D eigenvalue weighted by molar-refractivity contribution is 0.0149. The van der Waals surface area contributed by atoms with Gasteiger partial charge in [-0.1, -0.05) is 115 Å². The highest BCUT2D eigenvalue weighted by Gasteiger charge is 2.19. The van der Waals surface area contributed by atoms with Gasteiger partial charge in [-0.2, -0.15) is 0 Å². The Morgan fingerprint density at radius 3 is 2.13 bits per heavy atom. The summed E-state index contributed by atoms with van der Waals surface area (Å²) in [5.74, 6) is 0.309. The molecule has 0 heterocycles. The fourth-order valence-corrected chi connectivity index (χ4v) is 3.45. The molecule has 0 saturated heterocycles. The van der Waals surface area contributed by atoms with E-state index in [1.807, 2.05) is 30.3 Å². The van der Waals surface area contributed by atoms with Crippen LogP contribution < -0.4 is 10.8 Å². The number of hydroxylamine groups is 1. The van der Waals surface area contributed by atoms with E-state index in [9.17, 15) is 4.79 Å². The zero-order valence-corrected chi connectivity index (χ0v) is 20.2. The van der Waals surface area contributed by atoms with Crippen LogP contribution in [0.25, 0.3) is 0 Å². The number of unbranched alkanes of at least 4 members (excludes halogenated alkanes) is 9. The van der Waals surface area contributed by atoms with Crippen molar-refractivity contribution < 1.29 is 14.4 Å². The molecule has 0 fully saturated rings. The number of rotatable bonds is 19. The van der Waals surface area contributed by atoms with Crippen LogP contribution in [-0.4, -0.2) is 25.3 Å². The third-order valence-electron chi connectivity index (χ3n) is 5.84. The van der Waals surface area contributed by atoms with E-state index in [4.69, 9.17) is 9.57 Å². The maximum absolute atomic E-state index is 12.2. The lowest BCUT2D eigenvalue weighted by Crippen LogP contribution is -2.44. The molecule has 0 bridgehead atoms. The maximum Gasteiger partial charge on any atom is 0.407 e. The van der Waals surface area contributed by atoms with Crippen molar-refractivity contribution in [1.29, 1.82) is 0 Å². The number of hydrogen-bond acceptors (Lipinski definition) is 4. The van der Waals surface area contributed by atoms with Crippen molar-refractivity contribution in [1.82, 2.24) is 10.8 Å². The van der Waals surface area contributed by atoms with Gasteiger partial charge in [0, 0.05) is 6.54 Å². The average molecular weight is 435 g/mol. The molecule has 0 radical (unpaired) electrons. The highest BCUT2D eigenvalue weighted by atomic mass is 16.6. The van der Waals surface area contributed by atoms with E-state index in [1.54, 1.807) is 0 Å². The van der Waals surface area contributed by atoms with Crippen molar-refractivity contribution in [3.63, 3.8) is 0 Å². The Hall–Kier alpha value is -1.59. The quantitative estimate of drug-likeness (QED) is 0.186. The molecule has 1 amide bonds. The number of hydrogen-bond donors (Lipinski definition) is 2. The molecule has 31 heavy (non-hydrogen) atoms. The van der Waals surface area contributed by atoms with Crippen LogP contribution in [-0.2, 0) is 16.2 Å². The van der Waals surface area contributed by atoms with Gasteiger partial charge in [0.05, 0.1) is 12.6 Å². The van der Waals surface area contributed by atoms with Crippen LogP contribution in [0.4, 0.5) is 4.79 Å². The first-order valence-corrected chi connectivity index (χ1v) is 12.5. The number of carbonyl (C=O) groups excluding carboxylic acids is 1. The Morgan fingerprint density at radius 2 is 1.52 bits per heavy atom. The lowest BCUT2D eigenvalue weighted by atomic mass is 10.0. The first-order chi connectivity index (χ1) is 15.2. The highest BCUT2D eigenvalue weighted by molar-refractivity contribution is 5.67. The van der Waals surface area contributed by atoms with Crippen LogP contribution in [0.2, 0.25) is 0 Å². The van der Waals surface area contributed by atoms with Gasteiger partial charge in [0.15, 0.2) is 0 Å². The van der Waals surface area contributed by atoms with Crippen molar-refractivity contribution in [3.05, 3.63) is 35.9 Å². The molecule has 0 aromatic heterocycles. The van der Waals surface area contributed by atoms with Gasteiger partial charge < -0.3 is 10.1 Å². The van der Waals surface area contributed by atoms with Crippen LogP contribution >= 0.6 is 0 Å². The first-order valence-electron chi connectivity index (χ1n) is 12.5. The summed E-state index contributed by atoms with van der Waals surface area (Å²) in [5.41, 5.74) is 4.04. The minimum Gasteiger partial charge on any atom is -0.445 e. The van der Waals surface area contributed by atoms with Gasteiger partial charge in [0.2, 0.25) is 0 Å². The average Bonchev–Trinajstić information content (AvgIpc) is 2.80. The van der Waals surface area contributed by atoms with Gasteiger partial charge >= 0.3 is 6.09 Å². The van der Waals surface area contributed by atoms with Gasteiger partial charge in [-0.25, -0.2) is 10.3 Å². The van der Waals surface area contributed by atoms with E-state index >= 15 is 0 Å². The molecule has 0 saturated carbocycles. The van der Waals surface area contributed by atoms with E-state index < -0.39 is 6.09 Å². The van der Waals surface area contributed by atoms with Crippen molar-refractivity contribution >= 4 is 6.09 Å². The molecule has 5 nitrogen and oxygen atoms in total. The molecule has 1 aromatic carbocycles. The predicted molar refractivity (Wildman–Crippen MR) is 129 cm³/mol. The molecule has 0 aliphatic rings. The van der Waals surface area contributed by atoms with Gasteiger partial charge in [-0.15, -0.1) is 0 Å². The minimum atomic E-state index is -0.396. The fourth-order valence-electron chi connectivity index (χ4n) is 3.45. The third-order valence-corrected chi connectivity index (χ3v) is 5.84. The molecule has 1 aromatic rings. The molecular weight excluding hydrogens is 388 g/mol. The van der Waals surface area contributed by atoms with Gasteiger partial charge in [-0.3, -0.25) is 4.84 Å². The Morgan fingerprint density at radius 1 is 0.903 bits per heavy atom. The zero-order chi connectivity index (χ0) is 22.6. The summed E-state index contributed by atoms with van der Waals surface area (Å²) in [4.78, 5) is 17.8. The van der Waals surface area contributed by atoms with E-state index in [1.165, 1.54) is 57.8 Å². The normalized spacial score (nSPS) is 13.0. The summed E-state index contributed by atoms with van der Waals surface area (Å²) >= 11 is 0. The monoisotopic (exact) mass is 434 g/mol. The number of amides is 1. The summed E-state index contributed by atoms with van der Waals surface area (Å²) in [6.07, 6.45) is 13.8. The summed E-state index contributed by atoms with van der Waals surface area (Å²) in [7, 11) is 0. The standard InChI is InChI=1S/C26H46N2O3/c1-4-6-7-8-9-10-11-12-13-17-20-27-31-22-25(23(3)5-2)28-26(29)30-21-24-18-15-14-16-19-24/h14-16,18-19,23,25,27H,4-13,17,20-22H2,1-3H3,(H,28,29). The van der Waals surface area contributed by atoms with Crippen LogP contribution in [0.15, 0.2) is 30.3 Å². The van der Waals surface area contributed by atoms with Crippen LogP contribution in [0.1, 0.15) is 97.0 Å². The lowest BCUT2D eigenvalue weighted by Gasteiger charge is -2.23. The smallest absolute Gasteiger partial charge is 0.407 e. The second-order valence-electron chi connectivity index (χ2n) is 8.59. The molecule has 0 aliphatic carbocycles. The van der Waals surface area contributed by atoms with Gasteiger partial charge in [0.25, 0.3) is 0 Å². The van der Waals surface area contributed by atoms with E-state index in [2.05, 4.69) is 31.6 Å². The molecule has 2 atom stereocenters. The largest absolute Gasteiger partial charge is 0.445 e. The Balaban J connectivity index is 2.08. The van der Waals surface area contributed by atoms with Gasteiger partial charge in [0.1, 0.15) is 6.61 Å². The maximum atomic E-state index is 12.2. The van der Waals surface area contributed by atoms with E-state index in [0.29, 0.717) is 12.5 Å². The Kier molecular flexibility index (Phi) is 16.9. The molecule has 0 spiro atoms. The molecule has 1 rings (SSSR count). The van der Waals surface area contributed by atoms with E-state index in [0.717, 1.165) is 24.9 Å². The molecule has 5 heteroatoms. The number of ether oxygens (including phenoxy) is 1. The SMILES string of the molecule is CCCCCCCCCCCCNOCC(NC(=O)OCc1ccccc1)C(C)CC. The van der Waals surface area contributed by atoms with Crippen LogP contribution in [0.5, 0.6) is 0 Å². The predicted octanol–water partition coefficient (Wildman–Crippen LogP) is 6.77. The minimum absolute atomic E-state index is 0.0755. The second kappa shape index (κ2) is 19.1. The topological polar surface area (TPSA) is 59.6 Å². The number of nitrogens with one attached hydrogen (secondary N) is 2. The summed E-state index contributed by atoms with van der Waals surface area (Å²) in [6.45, 7) is 8.06. The van der Waals surface area contributed by atoms with Crippen LogP contribution in [0.3, 0.4) is 0 Å². The highest BCUT2D eigenvalue weighted by Crippen LogP contribution is 2.11. The zero-order valence-electron chi connectivity index (χ0n) is 20.2. The first kappa shape index (κ1) is 27.4. The van der Waals surface area contributed by atoms with Crippen molar-refractivity contribution in [2.24, 2.45) is 5.92 Å². The Labute approximate surface area is 190 Å². The van der Waals surface area contributed by atoms with E-state index in [-0.39, 0.29) is 12.6 Å². The van der Waals surface area contributed by atoms with Crippen molar-refractivity contribution in [2.75, 3.05) is 13.2 Å².